The fraction of sp³-hybridized carbons (Fsp3) is 0. The van der Waals surface area contributed by atoms with Crippen molar-refractivity contribution >= 4 is 11.0 Å². The van der Waals surface area contributed by atoms with Crippen molar-refractivity contribution in [2.75, 3.05) is 0 Å². The fourth-order valence-corrected chi connectivity index (χ4v) is 1.70. The quantitative estimate of drug-likeness (QED) is 0.699. The molecule has 0 saturated heterocycles. The summed E-state index contributed by atoms with van der Waals surface area (Å²) in [6.07, 6.45) is 3.13. The molecule has 2 aromatic heterocycles. The standard InChI is InChI=1S/C12H7F2N3/c13-7-2-1-3-8(14)11(7)12-16-9-4-5-15-6-10(9)17-12/h1-6H,(H,16,17). The number of rotatable bonds is 1. The van der Waals surface area contributed by atoms with Gasteiger partial charge in [-0.05, 0) is 18.2 Å². The molecule has 84 valence electrons. The molecule has 3 nitrogen and oxygen atoms in total. The molecule has 1 N–H and O–H groups in total. The predicted molar refractivity (Wildman–Crippen MR) is 59.2 cm³/mol. The Morgan fingerprint density at radius 1 is 1.06 bits per heavy atom. The minimum atomic E-state index is -0.642. The molecule has 0 saturated carbocycles. The number of fused-ring (bicyclic) bond motifs is 1. The Labute approximate surface area is 95.1 Å². The van der Waals surface area contributed by atoms with E-state index in [2.05, 4.69) is 15.0 Å². The minimum Gasteiger partial charge on any atom is -0.337 e. The molecule has 0 aliphatic heterocycles. The van der Waals surface area contributed by atoms with Crippen molar-refractivity contribution in [2.45, 2.75) is 0 Å². The van der Waals surface area contributed by atoms with Crippen molar-refractivity contribution in [3.63, 3.8) is 0 Å². The van der Waals surface area contributed by atoms with Gasteiger partial charge in [-0.2, -0.15) is 0 Å². The molecule has 1 aromatic carbocycles. The molecule has 0 aliphatic carbocycles. The van der Waals surface area contributed by atoms with Gasteiger partial charge in [-0.25, -0.2) is 13.8 Å². The van der Waals surface area contributed by atoms with E-state index >= 15 is 0 Å². The molecular weight excluding hydrogens is 224 g/mol. The van der Waals surface area contributed by atoms with Gasteiger partial charge in [-0.15, -0.1) is 0 Å². The third kappa shape index (κ3) is 1.56. The molecule has 0 spiro atoms. The van der Waals surface area contributed by atoms with E-state index in [0.29, 0.717) is 11.0 Å². The van der Waals surface area contributed by atoms with Gasteiger partial charge in [-0.3, -0.25) is 4.98 Å². The van der Waals surface area contributed by atoms with Crippen LogP contribution in [0.4, 0.5) is 8.78 Å². The number of nitrogens with zero attached hydrogens (tertiary/aromatic N) is 2. The van der Waals surface area contributed by atoms with E-state index in [1.54, 1.807) is 18.5 Å². The van der Waals surface area contributed by atoms with Gasteiger partial charge in [0.25, 0.3) is 0 Å². The first-order valence-corrected chi connectivity index (χ1v) is 5.00. The van der Waals surface area contributed by atoms with Crippen molar-refractivity contribution in [2.24, 2.45) is 0 Å². The lowest BCUT2D eigenvalue weighted by Crippen LogP contribution is -1.90. The lowest BCUT2D eigenvalue weighted by atomic mass is 10.2. The number of imidazole rings is 1. The van der Waals surface area contributed by atoms with E-state index in [-0.39, 0.29) is 11.4 Å². The Bertz CT molecular complexity index is 638. The first-order chi connectivity index (χ1) is 8.25. The first kappa shape index (κ1) is 9.89. The molecule has 17 heavy (non-hydrogen) atoms. The highest BCUT2D eigenvalue weighted by molar-refractivity contribution is 5.78. The molecule has 2 heterocycles. The third-order valence-electron chi connectivity index (χ3n) is 2.48. The van der Waals surface area contributed by atoms with Crippen LogP contribution in [-0.2, 0) is 0 Å². The van der Waals surface area contributed by atoms with Crippen LogP contribution >= 0.6 is 0 Å². The molecule has 3 rings (SSSR count). The molecular formula is C12H7F2N3. The number of aromatic amines is 1. The number of aromatic nitrogens is 3. The molecule has 0 bridgehead atoms. The average Bonchev–Trinajstić information content (AvgIpc) is 2.71. The van der Waals surface area contributed by atoms with Gasteiger partial charge in [-0.1, -0.05) is 6.07 Å². The van der Waals surface area contributed by atoms with E-state index in [0.717, 1.165) is 0 Å². The summed E-state index contributed by atoms with van der Waals surface area (Å²) in [5.41, 5.74) is 1.12. The molecule has 0 fully saturated rings. The van der Waals surface area contributed by atoms with E-state index in [9.17, 15) is 8.78 Å². The second kappa shape index (κ2) is 3.62. The number of hydrogen-bond donors (Lipinski definition) is 1. The lowest BCUT2D eigenvalue weighted by molar-refractivity contribution is 0.588. The van der Waals surface area contributed by atoms with Crippen LogP contribution in [0.15, 0.2) is 36.7 Å². The van der Waals surface area contributed by atoms with E-state index in [4.69, 9.17) is 0 Å². The van der Waals surface area contributed by atoms with Gasteiger partial charge >= 0.3 is 0 Å². The number of nitrogens with one attached hydrogen (secondary N) is 1. The summed E-state index contributed by atoms with van der Waals surface area (Å²) in [6.45, 7) is 0. The number of hydrogen-bond acceptors (Lipinski definition) is 2. The smallest absolute Gasteiger partial charge is 0.144 e. The monoisotopic (exact) mass is 231 g/mol. The molecule has 0 amide bonds. The molecule has 0 aliphatic rings. The normalized spacial score (nSPS) is 10.9. The second-order valence-electron chi connectivity index (χ2n) is 3.57. The third-order valence-corrected chi connectivity index (χ3v) is 2.48. The Hall–Kier alpha value is -2.30. The van der Waals surface area contributed by atoms with Crippen molar-refractivity contribution in [3.8, 4) is 11.4 Å². The van der Waals surface area contributed by atoms with Crippen molar-refractivity contribution in [3.05, 3.63) is 48.3 Å². The zero-order valence-corrected chi connectivity index (χ0v) is 8.61. The second-order valence-corrected chi connectivity index (χ2v) is 3.57. The summed E-state index contributed by atoms with van der Waals surface area (Å²) in [5.74, 6) is -1.11. The summed E-state index contributed by atoms with van der Waals surface area (Å²) in [7, 11) is 0. The Morgan fingerprint density at radius 3 is 2.53 bits per heavy atom. The highest BCUT2D eigenvalue weighted by Crippen LogP contribution is 2.25. The topological polar surface area (TPSA) is 41.6 Å². The Morgan fingerprint density at radius 2 is 1.82 bits per heavy atom. The van der Waals surface area contributed by atoms with E-state index in [1.807, 2.05) is 0 Å². The van der Waals surface area contributed by atoms with Crippen LogP contribution < -0.4 is 0 Å². The van der Waals surface area contributed by atoms with E-state index < -0.39 is 11.6 Å². The maximum atomic E-state index is 13.5. The summed E-state index contributed by atoms with van der Waals surface area (Å²) < 4.78 is 27.1. The average molecular weight is 231 g/mol. The maximum Gasteiger partial charge on any atom is 0.144 e. The Balaban J connectivity index is 2.27. The van der Waals surface area contributed by atoms with Gasteiger partial charge < -0.3 is 4.98 Å². The number of halogens is 2. The molecule has 0 atom stereocenters. The zero-order valence-electron chi connectivity index (χ0n) is 8.61. The number of pyridine rings is 1. The van der Waals surface area contributed by atoms with E-state index in [1.165, 1.54) is 18.2 Å². The van der Waals surface area contributed by atoms with Gasteiger partial charge in [0.15, 0.2) is 0 Å². The Kier molecular flexibility index (Phi) is 2.11. The van der Waals surface area contributed by atoms with Crippen LogP contribution in [0, 0.1) is 11.6 Å². The zero-order chi connectivity index (χ0) is 11.8. The lowest BCUT2D eigenvalue weighted by Gasteiger charge is -1.99. The summed E-state index contributed by atoms with van der Waals surface area (Å²) in [6, 6.07) is 5.39. The largest absolute Gasteiger partial charge is 0.337 e. The van der Waals surface area contributed by atoms with Crippen LogP contribution in [0.3, 0.4) is 0 Å². The highest BCUT2D eigenvalue weighted by Gasteiger charge is 2.14. The van der Waals surface area contributed by atoms with Crippen LogP contribution in [0.5, 0.6) is 0 Å². The number of benzene rings is 1. The van der Waals surface area contributed by atoms with Gasteiger partial charge in [0, 0.05) is 6.20 Å². The van der Waals surface area contributed by atoms with Gasteiger partial charge in [0.2, 0.25) is 0 Å². The van der Waals surface area contributed by atoms with Gasteiger partial charge in [0.05, 0.1) is 22.8 Å². The fourth-order valence-electron chi connectivity index (χ4n) is 1.70. The van der Waals surface area contributed by atoms with Crippen molar-refractivity contribution in [1.82, 2.24) is 15.0 Å². The van der Waals surface area contributed by atoms with Crippen LogP contribution in [-0.4, -0.2) is 15.0 Å². The van der Waals surface area contributed by atoms with Crippen molar-refractivity contribution < 1.29 is 8.78 Å². The highest BCUT2D eigenvalue weighted by atomic mass is 19.1. The molecule has 3 aromatic rings. The SMILES string of the molecule is Fc1cccc(F)c1-c1nc2ccncc2[nH]1. The maximum absolute atomic E-state index is 13.5. The molecule has 5 heteroatoms. The summed E-state index contributed by atoms with van der Waals surface area (Å²) in [4.78, 5) is 10.9. The number of H-pyrrole nitrogens is 1. The summed E-state index contributed by atoms with van der Waals surface area (Å²) >= 11 is 0. The first-order valence-electron chi connectivity index (χ1n) is 5.00. The molecule has 0 unspecified atom stereocenters. The van der Waals surface area contributed by atoms with Crippen LogP contribution in [0.25, 0.3) is 22.4 Å². The van der Waals surface area contributed by atoms with Gasteiger partial charge in [0.1, 0.15) is 17.5 Å². The van der Waals surface area contributed by atoms with Crippen molar-refractivity contribution in [1.29, 1.82) is 0 Å². The predicted octanol–water partition coefficient (Wildman–Crippen LogP) is 2.90. The minimum absolute atomic E-state index is 0.149. The van der Waals surface area contributed by atoms with Crippen LogP contribution in [0.1, 0.15) is 0 Å². The summed E-state index contributed by atoms with van der Waals surface area (Å²) in [5, 5.41) is 0. The van der Waals surface area contributed by atoms with Crippen LogP contribution in [0.2, 0.25) is 0 Å². The molecule has 0 radical (unpaired) electrons.